The number of H-pyrrole nitrogens is 1. The summed E-state index contributed by atoms with van der Waals surface area (Å²) in [6.45, 7) is 11.9. The average Bonchev–Trinajstić information content (AvgIpc) is 3.71. The SMILES string of the molecule is CC1=CC(C)(C)N(C)c2cc3c(cc21)C(c1c(F)c(C(=O)NCc2ccc(COc4nc(N)nc5nc[nH]c45)cc2)c(F)c(F)c1C(=O)O)=c1cc2c(cc1O3)=[N+](C)C(C)(C)C=C2C. The molecule has 326 valence electrons. The largest absolute Gasteiger partial charge is 0.478 e. The van der Waals surface area contributed by atoms with E-state index in [4.69, 9.17) is 15.2 Å². The van der Waals surface area contributed by atoms with Gasteiger partial charge in [-0.25, -0.2) is 27.5 Å². The van der Waals surface area contributed by atoms with Crippen LogP contribution in [-0.4, -0.2) is 62.1 Å². The highest BCUT2D eigenvalue weighted by atomic mass is 19.2. The van der Waals surface area contributed by atoms with Crippen molar-refractivity contribution in [2.45, 2.75) is 65.8 Å². The van der Waals surface area contributed by atoms with E-state index in [0.29, 0.717) is 22.3 Å². The fourth-order valence-electron chi connectivity index (χ4n) is 8.85. The van der Waals surface area contributed by atoms with E-state index < -0.39 is 57.1 Å². The molecule has 4 aromatic carbocycles. The number of benzene rings is 4. The molecule has 0 bridgehead atoms. The van der Waals surface area contributed by atoms with Crippen LogP contribution in [0.15, 0.2) is 67.0 Å². The number of nitrogens with one attached hydrogen (secondary N) is 2. The fourth-order valence-corrected chi connectivity index (χ4v) is 8.85. The van der Waals surface area contributed by atoms with Crippen molar-refractivity contribution in [2.24, 2.45) is 0 Å². The molecule has 13 nitrogen and oxygen atoms in total. The molecule has 9 rings (SSSR count). The third-order valence-corrected chi connectivity index (χ3v) is 12.5. The molecular weight excluding hydrogens is 826 g/mol. The number of ether oxygens (including phenoxy) is 2. The van der Waals surface area contributed by atoms with E-state index in [1.807, 2.05) is 27.9 Å². The van der Waals surface area contributed by atoms with Crippen LogP contribution in [0.5, 0.6) is 17.4 Å². The number of carboxylic acid groups (broad SMARTS) is 1. The van der Waals surface area contributed by atoms with Crippen LogP contribution in [0.2, 0.25) is 0 Å². The number of nitrogen functional groups attached to an aromatic ring is 1. The molecule has 0 atom stereocenters. The molecule has 3 aliphatic heterocycles. The molecule has 5 heterocycles. The summed E-state index contributed by atoms with van der Waals surface area (Å²) in [6.07, 6.45) is 5.58. The first kappa shape index (κ1) is 41.8. The molecule has 3 aliphatic rings. The minimum atomic E-state index is -1.94. The minimum absolute atomic E-state index is 0.00862. The molecule has 0 unspecified atom stereocenters. The van der Waals surface area contributed by atoms with Gasteiger partial charge in [-0.2, -0.15) is 9.97 Å². The van der Waals surface area contributed by atoms with Crippen LogP contribution < -0.4 is 40.6 Å². The Morgan fingerprint density at radius 1 is 0.906 bits per heavy atom. The summed E-state index contributed by atoms with van der Waals surface area (Å²) in [5.41, 5.74) is 7.94. The molecule has 6 aromatic rings. The first-order chi connectivity index (χ1) is 30.2. The molecule has 64 heavy (non-hydrogen) atoms. The van der Waals surface area contributed by atoms with Gasteiger partial charge in [-0.15, -0.1) is 0 Å². The van der Waals surface area contributed by atoms with E-state index in [1.54, 1.807) is 48.5 Å². The number of allylic oxidation sites excluding steroid dienone is 2. The van der Waals surface area contributed by atoms with Gasteiger partial charge in [-0.1, -0.05) is 30.3 Å². The van der Waals surface area contributed by atoms with Crippen molar-refractivity contribution >= 4 is 51.4 Å². The van der Waals surface area contributed by atoms with Crippen LogP contribution in [-0.2, 0) is 13.2 Å². The smallest absolute Gasteiger partial charge is 0.339 e. The molecule has 5 N–H and O–H groups in total. The van der Waals surface area contributed by atoms with Gasteiger partial charge in [-0.3, -0.25) is 4.79 Å². The number of nitrogens with zero attached hydrogens (tertiary/aromatic N) is 5. The van der Waals surface area contributed by atoms with E-state index >= 15 is 13.2 Å². The predicted molar refractivity (Wildman–Crippen MR) is 236 cm³/mol. The van der Waals surface area contributed by atoms with Crippen LogP contribution in [0.4, 0.5) is 24.8 Å². The second kappa shape index (κ2) is 14.8. The number of imidazole rings is 1. The van der Waals surface area contributed by atoms with Gasteiger partial charge in [0.25, 0.3) is 5.91 Å². The molecule has 2 aromatic heterocycles. The van der Waals surface area contributed by atoms with Crippen LogP contribution in [0.3, 0.4) is 0 Å². The summed E-state index contributed by atoms with van der Waals surface area (Å²) in [4.78, 5) is 44.2. The van der Waals surface area contributed by atoms with E-state index in [2.05, 4.69) is 74.6 Å². The average molecular weight is 870 g/mol. The highest BCUT2D eigenvalue weighted by molar-refractivity contribution is 6.03. The molecule has 0 aliphatic carbocycles. The Kier molecular flexibility index (Phi) is 9.69. The van der Waals surface area contributed by atoms with E-state index in [-0.39, 0.29) is 52.8 Å². The second-order valence-corrected chi connectivity index (χ2v) is 17.4. The van der Waals surface area contributed by atoms with Crippen molar-refractivity contribution in [2.75, 3.05) is 24.7 Å². The summed E-state index contributed by atoms with van der Waals surface area (Å²) in [6, 6.07) is 13.9. The van der Waals surface area contributed by atoms with Crippen molar-refractivity contribution in [3.63, 3.8) is 0 Å². The Bertz CT molecular complexity index is 3250. The Morgan fingerprint density at radius 3 is 2.31 bits per heavy atom. The molecule has 16 heteroatoms. The lowest BCUT2D eigenvalue weighted by Gasteiger charge is -2.41. The number of amides is 1. The number of hydrogen-bond donors (Lipinski definition) is 4. The Morgan fingerprint density at radius 2 is 1.59 bits per heavy atom. The number of hydrogen-bond acceptors (Lipinski definition) is 9. The summed E-state index contributed by atoms with van der Waals surface area (Å²) >= 11 is 0. The van der Waals surface area contributed by atoms with Crippen LogP contribution in [0.1, 0.15) is 95.6 Å². The third-order valence-electron chi connectivity index (χ3n) is 12.5. The molecule has 0 spiro atoms. The fraction of sp³-hybridized carbons (Fsp3) is 0.250. The number of fused-ring (bicyclic) bond motifs is 5. The minimum Gasteiger partial charge on any atom is -0.478 e. The van der Waals surface area contributed by atoms with Gasteiger partial charge in [0.15, 0.2) is 22.8 Å². The lowest BCUT2D eigenvalue weighted by atomic mass is 9.83. The number of nitrogens with two attached hydrogens (primary N) is 1. The molecule has 0 saturated heterocycles. The number of anilines is 2. The van der Waals surface area contributed by atoms with Gasteiger partial charge < -0.3 is 35.5 Å². The predicted octanol–water partition coefficient (Wildman–Crippen LogP) is 6.86. The third kappa shape index (κ3) is 6.71. The number of carbonyl (C=O) groups is 2. The van der Waals surface area contributed by atoms with Crippen molar-refractivity contribution in [3.05, 3.63) is 140 Å². The zero-order valence-corrected chi connectivity index (χ0v) is 36.3. The normalized spacial score (nSPS) is 15.6. The summed E-state index contributed by atoms with van der Waals surface area (Å²) in [5, 5.41) is 14.1. The first-order valence-corrected chi connectivity index (χ1v) is 20.4. The zero-order chi connectivity index (χ0) is 45.7. The Hall–Kier alpha value is -7.49. The zero-order valence-electron chi connectivity index (χ0n) is 36.3. The van der Waals surface area contributed by atoms with Crippen LogP contribution in [0, 0.1) is 17.5 Å². The number of carboxylic acids is 1. The lowest BCUT2D eigenvalue weighted by molar-refractivity contribution is 0.0688. The van der Waals surface area contributed by atoms with Crippen molar-refractivity contribution in [1.82, 2.24) is 29.8 Å². The highest BCUT2D eigenvalue weighted by Crippen LogP contribution is 2.47. The van der Waals surface area contributed by atoms with Crippen molar-refractivity contribution in [3.8, 4) is 17.4 Å². The topological polar surface area (TPSA) is 172 Å². The number of aromatic carboxylic acids is 1. The second-order valence-electron chi connectivity index (χ2n) is 17.4. The van der Waals surface area contributed by atoms with Gasteiger partial charge in [0.05, 0.1) is 17.9 Å². The monoisotopic (exact) mass is 869 g/mol. The van der Waals surface area contributed by atoms with Gasteiger partial charge in [0, 0.05) is 72.2 Å². The molecule has 1 amide bonds. The Balaban J connectivity index is 1.15. The number of likely N-dealkylation sites (N-methyl/N-ethyl adjacent to an activating group) is 2. The first-order valence-electron chi connectivity index (χ1n) is 20.4. The number of rotatable bonds is 8. The number of halogens is 3. The maximum absolute atomic E-state index is 17.6. The molecule has 0 fully saturated rings. The van der Waals surface area contributed by atoms with E-state index in [9.17, 15) is 14.7 Å². The van der Waals surface area contributed by atoms with E-state index in [0.717, 1.165) is 33.3 Å². The van der Waals surface area contributed by atoms with Gasteiger partial charge in [-0.05, 0) is 68.2 Å². The standard InChI is InChI=1S/C48H43F3N8O5/c1-22-17-47(3,4)58(7)30-15-32-28(13-26(22)30)34(29-14-27-23(2)18-48(5,6)59(8)31(27)16-33(29)64-32)35-36(45(61)62)39(50)40(51)37(38(35)49)43(60)53-19-24-9-11-25(12-10-24)20-63-44-41-42(55-21-54-41)56-46(52)57-44/h9-18,21H,19-20H2,1-8H3,(H4-,52,53,54,55,56,57,60,61,62)/p+1. The van der Waals surface area contributed by atoms with Gasteiger partial charge in [0.1, 0.15) is 47.6 Å². The number of carbonyl (C=O) groups excluding carboxylic acids is 1. The summed E-state index contributed by atoms with van der Waals surface area (Å²) in [7, 11) is 3.86. The molecular formula is C48H44F3N8O5+. The van der Waals surface area contributed by atoms with Crippen molar-refractivity contribution in [1.29, 1.82) is 0 Å². The van der Waals surface area contributed by atoms with Crippen molar-refractivity contribution < 1.29 is 37.3 Å². The van der Waals surface area contributed by atoms with Crippen LogP contribution >= 0.6 is 0 Å². The quantitative estimate of drug-likeness (QED) is 0.0935. The number of aromatic amines is 1. The van der Waals surface area contributed by atoms with Crippen LogP contribution in [0.25, 0.3) is 27.9 Å². The maximum atomic E-state index is 17.6. The summed E-state index contributed by atoms with van der Waals surface area (Å²) < 4.78 is 64.7. The number of aromatic nitrogens is 4. The summed E-state index contributed by atoms with van der Waals surface area (Å²) in [5.74, 6) is -7.91. The van der Waals surface area contributed by atoms with E-state index in [1.165, 1.54) is 6.33 Å². The lowest BCUT2D eigenvalue weighted by Crippen LogP contribution is -2.47. The molecule has 0 radical (unpaired) electrons. The maximum Gasteiger partial charge on any atom is 0.339 e. The van der Waals surface area contributed by atoms with Gasteiger partial charge in [0.2, 0.25) is 17.2 Å². The Labute approximate surface area is 365 Å². The molecule has 0 saturated carbocycles. The highest BCUT2D eigenvalue weighted by Gasteiger charge is 2.39. The van der Waals surface area contributed by atoms with Gasteiger partial charge >= 0.3 is 5.97 Å².